The average molecular weight is 1320 g/mol. The Hall–Kier alpha value is -9.49. The lowest BCUT2D eigenvalue weighted by Gasteiger charge is -2.51. The maximum Gasteiger partial charge on any atom is 0.338 e. The molecule has 12 rings (SSSR count). The summed E-state index contributed by atoms with van der Waals surface area (Å²) >= 11 is 0. The molecule has 97 heavy (non-hydrogen) atoms. The summed E-state index contributed by atoms with van der Waals surface area (Å²) in [6.07, 6.45) is -20.6. The largest absolute Gasteiger partial charge is 0.459 e. The number of azide groups is 1. The second kappa shape index (κ2) is 33.5. The van der Waals surface area contributed by atoms with E-state index in [2.05, 4.69) is 10.0 Å². The highest BCUT2D eigenvalue weighted by Gasteiger charge is 2.59. The van der Waals surface area contributed by atoms with Crippen LogP contribution in [0.3, 0.4) is 0 Å². The molecular weight excluding hydrogens is 1250 g/mol. The molecule has 0 aliphatic carbocycles. The number of rotatable bonds is 26. The first-order valence-electron chi connectivity index (χ1n) is 31.8. The summed E-state index contributed by atoms with van der Waals surface area (Å²) in [6, 6.07) is 68.7. The normalized spacial score (nSPS) is 26.8. The van der Waals surface area contributed by atoms with E-state index in [0.717, 1.165) is 16.7 Å². The molecule has 4 aliphatic rings. The number of hydrogen-bond donors (Lipinski definition) is 0. The first-order valence-corrected chi connectivity index (χ1v) is 31.8. The van der Waals surface area contributed by atoms with Gasteiger partial charge in [0.15, 0.2) is 43.5 Å². The molecule has 0 radical (unpaired) electrons. The van der Waals surface area contributed by atoms with Gasteiger partial charge in [-0.3, -0.25) is 0 Å². The van der Waals surface area contributed by atoms with Crippen LogP contribution < -0.4 is 0 Å². The van der Waals surface area contributed by atoms with Crippen LogP contribution in [0, 0.1) is 0 Å². The van der Waals surface area contributed by atoms with Crippen LogP contribution in [-0.2, 0) is 90.9 Å². The van der Waals surface area contributed by atoms with Crippen LogP contribution in [0.25, 0.3) is 10.4 Å². The van der Waals surface area contributed by atoms with Crippen molar-refractivity contribution >= 4 is 23.9 Å². The van der Waals surface area contributed by atoms with Gasteiger partial charge in [0.2, 0.25) is 0 Å². The van der Waals surface area contributed by atoms with Crippen molar-refractivity contribution in [2.24, 2.45) is 5.11 Å². The van der Waals surface area contributed by atoms with Crippen molar-refractivity contribution in [2.45, 2.75) is 118 Å². The van der Waals surface area contributed by atoms with Gasteiger partial charge in [-0.25, -0.2) is 19.2 Å². The summed E-state index contributed by atoms with van der Waals surface area (Å²) in [5, 5.41) is 4.15. The Labute approximate surface area is 559 Å². The SMILES string of the molecule is CO[C@H]1O[C@@H]2CO[C@H](c3ccccc3)O[C@@H]2[C@H](O[C@@H]2O[C@H](CO[C@H]3O[C@H](COC(=O)c4ccccc4)[C@@H](OCc4ccccc4)[C@H](OCc4ccccc4)[C@H]3OCc3ccccc3)[C@@H](OC(=O)c3ccccc3)[C@H](OC(=O)c3ccccc3)[C@H]2OC(=O)c2ccccc2)[C@H]1N=[N+]=[N-]. The van der Waals surface area contributed by atoms with Gasteiger partial charge in [-0.1, -0.05) is 199 Å². The van der Waals surface area contributed by atoms with Crippen molar-refractivity contribution in [1.82, 2.24) is 0 Å². The van der Waals surface area contributed by atoms with E-state index in [4.69, 9.17) is 71.1 Å². The predicted molar refractivity (Wildman–Crippen MR) is 345 cm³/mol. The summed E-state index contributed by atoms with van der Waals surface area (Å²) in [7, 11) is 1.36. The van der Waals surface area contributed by atoms with Crippen LogP contribution >= 0.6 is 0 Å². The molecule has 22 heteroatoms. The lowest BCUT2D eigenvalue weighted by molar-refractivity contribution is -0.377. The summed E-state index contributed by atoms with van der Waals surface area (Å²) in [6.45, 7) is -0.968. The lowest BCUT2D eigenvalue weighted by atomic mass is 9.94. The molecule has 8 aromatic rings. The molecule has 8 aromatic carbocycles. The number of esters is 4. The summed E-state index contributed by atoms with van der Waals surface area (Å²) in [5.41, 5.74) is 13.8. The minimum Gasteiger partial charge on any atom is -0.459 e. The molecule has 0 unspecified atom stereocenters. The smallest absolute Gasteiger partial charge is 0.338 e. The monoisotopic (exact) mass is 1320 g/mol. The Kier molecular flexibility index (Phi) is 23.3. The predicted octanol–water partition coefficient (Wildman–Crippen LogP) is 11.3. The first kappa shape index (κ1) is 67.5. The average Bonchev–Trinajstić information content (AvgIpc) is 0.772. The topological polar surface area (TPSA) is 255 Å². The second-order valence-electron chi connectivity index (χ2n) is 23.1. The molecule has 0 saturated carbocycles. The van der Waals surface area contributed by atoms with Crippen LogP contribution in [0.5, 0.6) is 0 Å². The molecule has 4 heterocycles. The van der Waals surface area contributed by atoms with E-state index in [0.29, 0.717) is 5.56 Å². The second-order valence-corrected chi connectivity index (χ2v) is 23.1. The highest BCUT2D eigenvalue weighted by Crippen LogP contribution is 2.41. The van der Waals surface area contributed by atoms with E-state index in [1.165, 1.54) is 43.5 Å². The summed E-state index contributed by atoms with van der Waals surface area (Å²) in [5.74, 6) is -3.41. The van der Waals surface area contributed by atoms with Crippen molar-refractivity contribution in [3.05, 3.63) is 298 Å². The van der Waals surface area contributed by atoms with E-state index in [1.807, 2.05) is 121 Å². The fraction of sp³-hybridized carbons (Fsp3) is 0.307. The van der Waals surface area contributed by atoms with Gasteiger partial charge >= 0.3 is 23.9 Å². The van der Waals surface area contributed by atoms with Gasteiger partial charge in [0.05, 0.1) is 55.3 Å². The van der Waals surface area contributed by atoms with E-state index < -0.39 is 129 Å². The number of methoxy groups -OCH3 is 1. The molecule has 22 nitrogen and oxygen atoms in total. The minimum absolute atomic E-state index is 0.00155. The summed E-state index contributed by atoms with van der Waals surface area (Å²) in [4.78, 5) is 61.7. The zero-order valence-corrected chi connectivity index (χ0v) is 52.7. The highest BCUT2D eigenvalue weighted by atomic mass is 16.8. The van der Waals surface area contributed by atoms with Gasteiger partial charge < -0.3 is 71.1 Å². The van der Waals surface area contributed by atoms with Gasteiger partial charge in [0, 0.05) is 17.6 Å². The van der Waals surface area contributed by atoms with E-state index in [-0.39, 0.29) is 55.3 Å². The maximum atomic E-state index is 14.9. The Morgan fingerprint density at radius 3 is 1.34 bits per heavy atom. The molecule has 4 fully saturated rings. The zero-order valence-electron chi connectivity index (χ0n) is 52.7. The number of benzene rings is 8. The number of fused-ring (bicyclic) bond motifs is 1. The van der Waals surface area contributed by atoms with E-state index >= 15 is 0 Å². The van der Waals surface area contributed by atoms with Crippen molar-refractivity contribution in [2.75, 3.05) is 26.9 Å². The van der Waals surface area contributed by atoms with Crippen LogP contribution in [0.15, 0.2) is 248 Å². The van der Waals surface area contributed by atoms with E-state index in [9.17, 15) is 24.7 Å². The molecule has 0 bridgehead atoms. The standard InChI is InChI=1S/C75H71N3O19/c1-83-73-59(77-78-76)63(61-57(90-73)46-88-72(96-61)55-40-24-9-25-41-55)97-75-67(95-71(82)54-38-22-8-23-39-54)65(94-70(81)53-36-20-7-21-37-53)62(93-69(80)52-34-18-6-19-35-52)58(92-75)47-89-74-66(86-44-50-30-14-4-15-31-50)64(85-43-49-28-12-3-13-29-49)60(84-42-48-26-10-2-11-27-48)56(91-74)45-87-68(79)51-32-16-5-17-33-51/h2-41,56-67,72-75H,42-47H2,1H3/t56-,57-,58-,59-,60-,61+,62-,63-,64+,65+,66-,67-,72+,73+,74+,75+/m1/s1. The Balaban J connectivity index is 0.977. The molecule has 0 aromatic heterocycles. The lowest BCUT2D eigenvalue weighted by Crippen LogP contribution is -2.67. The molecule has 16 atom stereocenters. The third kappa shape index (κ3) is 17.2. The molecule has 0 N–H and O–H groups in total. The molecular formula is C75H71N3O19. The Morgan fingerprint density at radius 2 is 0.845 bits per heavy atom. The first-order chi connectivity index (χ1) is 47.7. The quantitative estimate of drug-likeness (QED) is 0.0160. The molecule has 0 amide bonds. The molecule has 4 aliphatic heterocycles. The molecule has 500 valence electrons. The Morgan fingerprint density at radius 1 is 0.423 bits per heavy atom. The zero-order chi connectivity index (χ0) is 66.7. The van der Waals surface area contributed by atoms with Crippen LogP contribution in [0.4, 0.5) is 0 Å². The van der Waals surface area contributed by atoms with Crippen molar-refractivity contribution in [3.63, 3.8) is 0 Å². The van der Waals surface area contributed by atoms with Crippen LogP contribution in [0.2, 0.25) is 0 Å². The highest BCUT2D eigenvalue weighted by molar-refractivity contribution is 5.91. The third-order valence-corrected chi connectivity index (χ3v) is 16.7. The number of carbonyl (C=O) groups excluding carboxylic acids is 4. The Bertz CT molecular complexity index is 3830. The van der Waals surface area contributed by atoms with E-state index in [1.54, 1.807) is 84.9 Å². The number of hydrogen-bond acceptors (Lipinski definition) is 20. The third-order valence-electron chi connectivity index (χ3n) is 16.7. The maximum absolute atomic E-state index is 14.9. The number of ether oxygens (including phenoxy) is 15. The number of carbonyl (C=O) groups is 4. The fourth-order valence-electron chi connectivity index (χ4n) is 11.9. The number of nitrogens with zero attached hydrogens (tertiary/aromatic N) is 3. The van der Waals surface area contributed by atoms with Crippen molar-refractivity contribution < 1.29 is 90.2 Å². The van der Waals surface area contributed by atoms with Crippen LogP contribution in [-0.4, -0.2) is 143 Å². The van der Waals surface area contributed by atoms with Gasteiger partial charge in [0.25, 0.3) is 0 Å². The van der Waals surface area contributed by atoms with Crippen molar-refractivity contribution in [3.8, 4) is 0 Å². The minimum atomic E-state index is -1.87. The van der Waals surface area contributed by atoms with Crippen LogP contribution in [0.1, 0.15) is 70.0 Å². The summed E-state index contributed by atoms with van der Waals surface area (Å²) < 4.78 is 100. The van der Waals surface area contributed by atoms with Gasteiger partial charge in [-0.15, -0.1) is 0 Å². The fourth-order valence-corrected chi connectivity index (χ4v) is 11.9. The van der Waals surface area contributed by atoms with Gasteiger partial charge in [-0.05, 0) is 70.8 Å². The molecule has 0 spiro atoms. The van der Waals surface area contributed by atoms with Gasteiger partial charge in [-0.2, -0.15) is 0 Å². The molecule has 4 saturated heterocycles. The van der Waals surface area contributed by atoms with Gasteiger partial charge in [0.1, 0.15) is 61.5 Å². The van der Waals surface area contributed by atoms with Crippen molar-refractivity contribution in [1.29, 1.82) is 0 Å².